The fourth-order valence-corrected chi connectivity index (χ4v) is 2.61. The van der Waals surface area contributed by atoms with Crippen molar-refractivity contribution in [3.05, 3.63) is 58.3 Å². The molecule has 0 aromatic heterocycles. The monoisotopic (exact) mass is 292 g/mol. The lowest BCUT2D eigenvalue weighted by atomic mass is 10.1. The van der Waals surface area contributed by atoms with Crippen LogP contribution in [0.4, 0.5) is 0 Å². The van der Waals surface area contributed by atoms with Gasteiger partial charge in [-0.2, -0.15) is 10.5 Å². The number of rotatable bonds is 3. The van der Waals surface area contributed by atoms with Crippen LogP contribution in [0.15, 0.2) is 47.2 Å². The van der Waals surface area contributed by atoms with Crippen LogP contribution in [-0.4, -0.2) is 37.0 Å². The third kappa shape index (κ3) is 3.75. The van der Waals surface area contributed by atoms with Gasteiger partial charge in [-0.25, -0.2) is 0 Å². The summed E-state index contributed by atoms with van der Waals surface area (Å²) in [5.74, 6) is 0. The van der Waals surface area contributed by atoms with E-state index in [9.17, 15) is 0 Å². The van der Waals surface area contributed by atoms with Crippen molar-refractivity contribution in [1.82, 2.24) is 9.80 Å². The predicted octanol–water partition coefficient (Wildman–Crippen LogP) is 2.60. The van der Waals surface area contributed by atoms with E-state index in [2.05, 4.69) is 36.1 Å². The Bertz CT molecular complexity index is 665. The molecule has 0 radical (unpaired) electrons. The molecule has 0 aliphatic carbocycles. The molecule has 1 aliphatic rings. The quantitative estimate of drug-likeness (QED) is 0.804. The Morgan fingerprint density at radius 2 is 1.82 bits per heavy atom. The first-order valence-corrected chi connectivity index (χ1v) is 7.22. The molecule has 22 heavy (non-hydrogen) atoms. The van der Waals surface area contributed by atoms with E-state index in [4.69, 9.17) is 10.5 Å². The maximum absolute atomic E-state index is 9.16. The summed E-state index contributed by atoms with van der Waals surface area (Å²) < 4.78 is 0. The van der Waals surface area contributed by atoms with Crippen LogP contribution >= 0.6 is 0 Å². The Balaban J connectivity index is 2.24. The second-order valence-electron chi connectivity index (χ2n) is 5.83. The van der Waals surface area contributed by atoms with Crippen LogP contribution in [0.3, 0.4) is 0 Å². The minimum atomic E-state index is 0.222. The van der Waals surface area contributed by atoms with Crippen LogP contribution < -0.4 is 0 Å². The number of hydrogen-bond acceptors (Lipinski definition) is 4. The Morgan fingerprint density at radius 1 is 1.18 bits per heavy atom. The van der Waals surface area contributed by atoms with E-state index < -0.39 is 0 Å². The second-order valence-corrected chi connectivity index (χ2v) is 5.83. The van der Waals surface area contributed by atoms with Gasteiger partial charge in [-0.15, -0.1) is 0 Å². The number of allylic oxidation sites excluding steroid dienone is 1. The summed E-state index contributed by atoms with van der Waals surface area (Å²) in [7, 11) is 3.90. The third-order valence-corrected chi connectivity index (χ3v) is 3.63. The maximum Gasteiger partial charge on any atom is 0.134 e. The van der Waals surface area contributed by atoms with Crippen molar-refractivity contribution in [3.63, 3.8) is 0 Å². The van der Waals surface area contributed by atoms with Gasteiger partial charge in [-0.1, -0.05) is 29.8 Å². The number of hydrogen-bond donors (Lipinski definition) is 0. The molecule has 2 rings (SSSR count). The molecule has 0 amide bonds. The van der Waals surface area contributed by atoms with Gasteiger partial charge in [0.2, 0.25) is 0 Å². The van der Waals surface area contributed by atoms with Crippen LogP contribution in [0, 0.1) is 29.6 Å². The molecule has 0 atom stereocenters. The summed E-state index contributed by atoms with van der Waals surface area (Å²) in [6, 6.07) is 12.5. The van der Waals surface area contributed by atoms with Crippen molar-refractivity contribution < 1.29 is 0 Å². The summed E-state index contributed by atoms with van der Waals surface area (Å²) in [4.78, 5) is 4.21. The van der Waals surface area contributed by atoms with Crippen molar-refractivity contribution in [2.75, 3.05) is 27.2 Å². The van der Waals surface area contributed by atoms with E-state index in [1.54, 1.807) is 0 Å². The first kappa shape index (κ1) is 15.8. The SMILES string of the molecule is Cc1ccc(CN2CC(=CN(C)C)C(=C(C#N)C#N)C2)cc1. The molecule has 0 unspecified atom stereocenters. The zero-order valence-corrected chi connectivity index (χ0v) is 13.3. The molecular weight excluding hydrogens is 272 g/mol. The van der Waals surface area contributed by atoms with Crippen molar-refractivity contribution in [1.29, 1.82) is 10.5 Å². The highest BCUT2D eigenvalue weighted by Gasteiger charge is 2.25. The highest BCUT2D eigenvalue weighted by molar-refractivity contribution is 5.52. The Hall–Kier alpha value is -2.56. The first-order valence-electron chi connectivity index (χ1n) is 7.22. The molecule has 1 aromatic carbocycles. The molecule has 112 valence electrons. The van der Waals surface area contributed by atoms with E-state index in [1.807, 2.05) is 37.3 Å². The van der Waals surface area contributed by atoms with Gasteiger partial charge in [0.25, 0.3) is 0 Å². The fraction of sp³-hybridized carbons (Fsp3) is 0.333. The van der Waals surface area contributed by atoms with Gasteiger partial charge in [0.1, 0.15) is 17.7 Å². The molecule has 0 saturated carbocycles. The average molecular weight is 292 g/mol. The summed E-state index contributed by atoms with van der Waals surface area (Å²) >= 11 is 0. The Labute approximate surface area is 132 Å². The normalized spacial score (nSPS) is 16.4. The standard InChI is InChI=1S/C18H20N4/c1-14-4-6-15(7-5-14)10-22-12-17(11-21(2)3)18(13-22)16(8-19)9-20/h4-7,11H,10,12-13H2,1-3H3. The van der Waals surface area contributed by atoms with E-state index in [1.165, 1.54) is 11.1 Å². The van der Waals surface area contributed by atoms with Gasteiger partial charge in [0.05, 0.1) is 0 Å². The summed E-state index contributed by atoms with van der Waals surface area (Å²) in [5, 5.41) is 18.3. The molecular formula is C18H20N4. The zero-order valence-electron chi connectivity index (χ0n) is 13.3. The lowest BCUT2D eigenvalue weighted by molar-refractivity contribution is 0.346. The highest BCUT2D eigenvalue weighted by atomic mass is 15.1. The minimum Gasteiger partial charge on any atom is -0.383 e. The molecule has 1 fully saturated rings. The van der Waals surface area contributed by atoms with Gasteiger partial charge in [0.15, 0.2) is 0 Å². The minimum absolute atomic E-state index is 0.222. The summed E-state index contributed by atoms with van der Waals surface area (Å²) in [6.07, 6.45) is 2.00. The van der Waals surface area contributed by atoms with Crippen LogP contribution in [0.5, 0.6) is 0 Å². The van der Waals surface area contributed by atoms with Crippen LogP contribution in [0.1, 0.15) is 11.1 Å². The van der Waals surface area contributed by atoms with Crippen LogP contribution in [0.25, 0.3) is 0 Å². The largest absolute Gasteiger partial charge is 0.383 e. The van der Waals surface area contributed by atoms with Crippen molar-refractivity contribution >= 4 is 0 Å². The molecule has 0 N–H and O–H groups in total. The van der Waals surface area contributed by atoms with Gasteiger partial charge in [-0.05, 0) is 18.1 Å². The van der Waals surface area contributed by atoms with Crippen LogP contribution in [-0.2, 0) is 6.54 Å². The topological polar surface area (TPSA) is 54.1 Å². The number of benzene rings is 1. The molecule has 4 heteroatoms. The van der Waals surface area contributed by atoms with Gasteiger partial charge >= 0.3 is 0 Å². The Kier molecular flexibility index (Phi) is 4.99. The molecule has 1 heterocycles. The maximum atomic E-state index is 9.16. The van der Waals surface area contributed by atoms with Gasteiger partial charge in [0, 0.05) is 45.5 Å². The number of likely N-dealkylation sites (tertiary alicyclic amines) is 1. The molecule has 0 spiro atoms. The molecule has 1 aromatic rings. The molecule has 4 nitrogen and oxygen atoms in total. The molecule has 1 aliphatic heterocycles. The van der Waals surface area contributed by atoms with Crippen LogP contribution in [0.2, 0.25) is 0 Å². The average Bonchev–Trinajstić information content (AvgIpc) is 2.85. The molecule has 0 bridgehead atoms. The fourth-order valence-electron chi connectivity index (χ4n) is 2.61. The first-order chi connectivity index (χ1) is 10.5. The number of aryl methyl sites for hydroxylation is 1. The van der Waals surface area contributed by atoms with Gasteiger partial charge in [-0.3, -0.25) is 4.90 Å². The van der Waals surface area contributed by atoms with E-state index >= 15 is 0 Å². The molecule has 1 saturated heterocycles. The zero-order chi connectivity index (χ0) is 16.1. The lowest BCUT2D eigenvalue weighted by Gasteiger charge is -2.14. The van der Waals surface area contributed by atoms with E-state index in [0.29, 0.717) is 6.54 Å². The van der Waals surface area contributed by atoms with E-state index in [0.717, 1.165) is 24.2 Å². The highest BCUT2D eigenvalue weighted by Crippen LogP contribution is 2.26. The lowest BCUT2D eigenvalue weighted by Crippen LogP contribution is -2.19. The summed E-state index contributed by atoms with van der Waals surface area (Å²) in [6.45, 7) is 4.29. The van der Waals surface area contributed by atoms with Crippen molar-refractivity contribution in [2.45, 2.75) is 13.5 Å². The summed E-state index contributed by atoms with van der Waals surface area (Å²) in [5.41, 5.74) is 4.61. The van der Waals surface area contributed by atoms with Crippen molar-refractivity contribution in [3.8, 4) is 12.1 Å². The number of nitrogens with zero attached hydrogens (tertiary/aromatic N) is 4. The smallest absolute Gasteiger partial charge is 0.134 e. The number of nitriles is 2. The second kappa shape index (κ2) is 6.93. The Morgan fingerprint density at radius 3 is 2.36 bits per heavy atom. The van der Waals surface area contributed by atoms with Gasteiger partial charge < -0.3 is 4.90 Å². The van der Waals surface area contributed by atoms with Crippen molar-refractivity contribution in [2.24, 2.45) is 0 Å². The third-order valence-electron chi connectivity index (χ3n) is 3.63. The predicted molar refractivity (Wildman–Crippen MR) is 86.5 cm³/mol. The van der Waals surface area contributed by atoms with E-state index in [-0.39, 0.29) is 5.57 Å².